The number of hydrogen-bond acceptors (Lipinski definition) is 5. The van der Waals surface area contributed by atoms with E-state index in [0.29, 0.717) is 5.02 Å². The van der Waals surface area contributed by atoms with Crippen molar-refractivity contribution in [2.75, 3.05) is 12.4 Å². The molecule has 0 spiro atoms. The highest BCUT2D eigenvalue weighted by atomic mass is 35.5. The van der Waals surface area contributed by atoms with Crippen molar-refractivity contribution in [1.82, 2.24) is 9.97 Å². The van der Waals surface area contributed by atoms with Gasteiger partial charge in [0, 0.05) is 33.2 Å². The zero-order valence-corrected chi connectivity index (χ0v) is 18.2. The summed E-state index contributed by atoms with van der Waals surface area (Å²) in [5.74, 6) is 0.817. The van der Waals surface area contributed by atoms with Gasteiger partial charge in [0.1, 0.15) is 10.8 Å². The van der Waals surface area contributed by atoms with Crippen LogP contribution in [0.4, 0.5) is 11.4 Å². The molecule has 2 aromatic heterocycles. The molecule has 0 saturated carbocycles. The van der Waals surface area contributed by atoms with E-state index in [1.165, 1.54) is 0 Å². The maximum atomic E-state index is 6.03. The zero-order valence-electron chi connectivity index (χ0n) is 16.7. The second kappa shape index (κ2) is 8.38. The Morgan fingerprint density at radius 2 is 1.71 bits per heavy atom. The van der Waals surface area contributed by atoms with E-state index in [9.17, 15) is 0 Å². The van der Waals surface area contributed by atoms with Gasteiger partial charge in [0.2, 0.25) is 0 Å². The molecule has 0 aliphatic heterocycles. The number of methoxy groups -OCH3 is 1. The standard InChI is InChI=1S/C25H18ClN3OS/c1-30-19-12-10-18(11-13-19)28-24-20-4-2-3-5-22(20)27-14-21(24)25-29-23(15-31-25)16-6-8-17(26)9-7-16/h2-15H,1H3,(H,27,28). The predicted octanol–water partition coefficient (Wildman–Crippen LogP) is 7.43. The van der Waals surface area contributed by atoms with E-state index in [1.807, 2.05) is 72.9 Å². The highest BCUT2D eigenvalue weighted by Gasteiger charge is 2.15. The monoisotopic (exact) mass is 443 g/mol. The SMILES string of the molecule is COc1ccc(Nc2c(-c3nc(-c4ccc(Cl)cc4)cs3)cnc3ccccc23)cc1. The van der Waals surface area contributed by atoms with Crippen molar-refractivity contribution in [2.24, 2.45) is 0 Å². The average molecular weight is 444 g/mol. The minimum absolute atomic E-state index is 0.712. The van der Waals surface area contributed by atoms with Gasteiger partial charge in [0.05, 0.1) is 29.6 Å². The van der Waals surface area contributed by atoms with Crippen LogP contribution in [-0.2, 0) is 0 Å². The van der Waals surface area contributed by atoms with E-state index in [4.69, 9.17) is 21.3 Å². The molecule has 3 aromatic carbocycles. The molecule has 5 aromatic rings. The number of anilines is 2. The number of benzene rings is 3. The van der Waals surface area contributed by atoms with Crippen LogP contribution in [0.5, 0.6) is 5.75 Å². The van der Waals surface area contributed by atoms with Crippen molar-refractivity contribution in [2.45, 2.75) is 0 Å². The van der Waals surface area contributed by atoms with Gasteiger partial charge in [-0.15, -0.1) is 11.3 Å². The molecule has 0 unspecified atom stereocenters. The van der Waals surface area contributed by atoms with Crippen LogP contribution >= 0.6 is 22.9 Å². The Balaban J connectivity index is 1.60. The third-order valence-electron chi connectivity index (χ3n) is 5.01. The summed E-state index contributed by atoms with van der Waals surface area (Å²) >= 11 is 7.63. The minimum atomic E-state index is 0.712. The molecular formula is C25H18ClN3OS. The van der Waals surface area contributed by atoms with Crippen LogP contribution in [0.25, 0.3) is 32.7 Å². The Labute approximate surface area is 189 Å². The van der Waals surface area contributed by atoms with Crippen LogP contribution in [0.2, 0.25) is 5.02 Å². The van der Waals surface area contributed by atoms with Crippen molar-refractivity contribution in [3.8, 4) is 27.6 Å². The van der Waals surface area contributed by atoms with Crippen LogP contribution in [0.3, 0.4) is 0 Å². The first-order chi connectivity index (χ1) is 15.2. The Kier molecular flexibility index (Phi) is 5.28. The summed E-state index contributed by atoms with van der Waals surface area (Å²) in [5, 5.41) is 8.29. The van der Waals surface area contributed by atoms with Crippen molar-refractivity contribution in [3.05, 3.63) is 89.4 Å². The molecule has 0 aliphatic carbocycles. The summed E-state index contributed by atoms with van der Waals surface area (Å²) < 4.78 is 5.28. The number of ether oxygens (including phenoxy) is 1. The number of aromatic nitrogens is 2. The van der Waals surface area contributed by atoms with Crippen LogP contribution in [0, 0.1) is 0 Å². The first kappa shape index (κ1) is 19.5. The number of nitrogens with zero attached hydrogens (tertiary/aromatic N) is 2. The molecule has 0 saturated heterocycles. The Morgan fingerprint density at radius 1 is 0.935 bits per heavy atom. The number of pyridine rings is 1. The van der Waals surface area contributed by atoms with Crippen molar-refractivity contribution < 1.29 is 4.74 Å². The Hall–Kier alpha value is -3.41. The van der Waals surface area contributed by atoms with Gasteiger partial charge < -0.3 is 10.1 Å². The van der Waals surface area contributed by atoms with Gasteiger partial charge in [0.25, 0.3) is 0 Å². The Morgan fingerprint density at radius 3 is 2.48 bits per heavy atom. The zero-order chi connectivity index (χ0) is 21.2. The van der Waals surface area contributed by atoms with Gasteiger partial charge in [-0.3, -0.25) is 4.98 Å². The summed E-state index contributed by atoms with van der Waals surface area (Å²) in [4.78, 5) is 9.56. The molecule has 0 aliphatic rings. The van der Waals surface area contributed by atoms with Crippen molar-refractivity contribution in [1.29, 1.82) is 0 Å². The molecule has 1 N–H and O–H groups in total. The molecule has 6 heteroatoms. The number of hydrogen-bond donors (Lipinski definition) is 1. The van der Waals surface area contributed by atoms with Gasteiger partial charge in [-0.1, -0.05) is 41.9 Å². The Bertz CT molecular complexity index is 1350. The molecule has 0 fully saturated rings. The fourth-order valence-electron chi connectivity index (χ4n) is 3.41. The molecule has 0 atom stereocenters. The largest absolute Gasteiger partial charge is 0.497 e. The average Bonchev–Trinajstić information content (AvgIpc) is 3.30. The predicted molar refractivity (Wildman–Crippen MR) is 130 cm³/mol. The summed E-state index contributed by atoms with van der Waals surface area (Å²) in [6.07, 6.45) is 1.89. The molecular weight excluding hydrogens is 426 g/mol. The smallest absolute Gasteiger partial charge is 0.127 e. The maximum absolute atomic E-state index is 6.03. The summed E-state index contributed by atoms with van der Waals surface area (Å²) in [5.41, 5.74) is 5.78. The van der Waals surface area contributed by atoms with Gasteiger partial charge in [0.15, 0.2) is 0 Å². The van der Waals surface area contributed by atoms with Gasteiger partial charge in [-0.2, -0.15) is 0 Å². The van der Waals surface area contributed by atoms with E-state index in [0.717, 1.165) is 49.9 Å². The van der Waals surface area contributed by atoms with Crippen molar-refractivity contribution >= 4 is 45.2 Å². The molecule has 2 heterocycles. The number of nitrogens with one attached hydrogen (secondary N) is 1. The summed E-state index contributed by atoms with van der Waals surface area (Å²) in [6, 6.07) is 23.7. The van der Waals surface area contributed by atoms with E-state index in [1.54, 1.807) is 18.4 Å². The van der Waals surface area contributed by atoms with Crippen LogP contribution in [-0.4, -0.2) is 17.1 Å². The molecule has 152 valence electrons. The maximum Gasteiger partial charge on any atom is 0.127 e. The number of rotatable bonds is 5. The number of para-hydroxylation sites is 1. The second-order valence-corrected chi connectivity index (χ2v) is 8.26. The van der Waals surface area contributed by atoms with E-state index >= 15 is 0 Å². The number of halogens is 1. The third kappa shape index (κ3) is 3.98. The lowest BCUT2D eigenvalue weighted by molar-refractivity contribution is 0.415. The fraction of sp³-hybridized carbons (Fsp3) is 0.0400. The van der Waals surface area contributed by atoms with Crippen molar-refractivity contribution in [3.63, 3.8) is 0 Å². The molecule has 31 heavy (non-hydrogen) atoms. The van der Waals surface area contributed by atoms with Gasteiger partial charge >= 0.3 is 0 Å². The van der Waals surface area contributed by atoms with Crippen LogP contribution < -0.4 is 10.1 Å². The fourth-order valence-corrected chi connectivity index (χ4v) is 4.38. The lowest BCUT2D eigenvalue weighted by Crippen LogP contribution is -1.96. The van der Waals surface area contributed by atoms with Crippen LogP contribution in [0.1, 0.15) is 0 Å². The lowest BCUT2D eigenvalue weighted by atomic mass is 10.1. The minimum Gasteiger partial charge on any atom is -0.497 e. The highest BCUT2D eigenvalue weighted by Crippen LogP contribution is 2.38. The first-order valence-corrected chi connectivity index (χ1v) is 11.0. The quantitative estimate of drug-likeness (QED) is 0.306. The first-order valence-electron chi connectivity index (χ1n) is 9.72. The van der Waals surface area contributed by atoms with Gasteiger partial charge in [-0.05, 0) is 42.5 Å². The van der Waals surface area contributed by atoms with E-state index < -0.39 is 0 Å². The summed E-state index contributed by atoms with van der Waals surface area (Å²) in [7, 11) is 1.66. The topological polar surface area (TPSA) is 47.0 Å². The van der Waals surface area contributed by atoms with E-state index in [2.05, 4.69) is 21.7 Å². The molecule has 4 nitrogen and oxygen atoms in total. The lowest BCUT2D eigenvalue weighted by Gasteiger charge is -2.14. The molecule has 0 amide bonds. The molecule has 5 rings (SSSR count). The number of thiazole rings is 1. The third-order valence-corrected chi connectivity index (χ3v) is 6.14. The van der Waals surface area contributed by atoms with Gasteiger partial charge in [-0.25, -0.2) is 4.98 Å². The summed E-state index contributed by atoms with van der Waals surface area (Å²) in [6.45, 7) is 0. The molecule has 0 bridgehead atoms. The normalized spacial score (nSPS) is 10.9. The van der Waals surface area contributed by atoms with E-state index in [-0.39, 0.29) is 0 Å². The molecule has 0 radical (unpaired) electrons. The highest BCUT2D eigenvalue weighted by molar-refractivity contribution is 7.13. The number of fused-ring (bicyclic) bond motifs is 1. The second-order valence-electron chi connectivity index (χ2n) is 6.96. The van der Waals surface area contributed by atoms with Crippen LogP contribution in [0.15, 0.2) is 84.4 Å².